The maximum atomic E-state index is 13.3. The third kappa shape index (κ3) is 4.95. The molecule has 2 N–H and O–H groups in total. The third-order valence-corrected chi connectivity index (χ3v) is 8.95. The second-order valence-corrected chi connectivity index (χ2v) is 11.6. The molecule has 2 aliphatic heterocycles. The van der Waals surface area contributed by atoms with E-state index in [0.29, 0.717) is 44.8 Å². The van der Waals surface area contributed by atoms with E-state index < -0.39 is 0 Å². The number of fused-ring (bicyclic) bond motifs is 1. The average Bonchev–Trinajstić information content (AvgIpc) is 3.29. The van der Waals surface area contributed by atoms with Gasteiger partial charge in [0.25, 0.3) is 5.56 Å². The summed E-state index contributed by atoms with van der Waals surface area (Å²) in [5.41, 5.74) is 7.16. The summed E-state index contributed by atoms with van der Waals surface area (Å²) in [5.74, 6) is 1.31. The van der Waals surface area contributed by atoms with Crippen molar-refractivity contribution in [1.82, 2.24) is 24.5 Å². The molecule has 1 atom stereocenters. The van der Waals surface area contributed by atoms with Crippen LogP contribution < -0.4 is 16.2 Å². The molecular weight excluding hydrogens is 522 g/mol. The first-order valence-corrected chi connectivity index (χ1v) is 13.8. The summed E-state index contributed by atoms with van der Waals surface area (Å²) >= 11 is 8.12. The van der Waals surface area contributed by atoms with Crippen LogP contribution in [0.25, 0.3) is 10.9 Å². The van der Waals surface area contributed by atoms with Crippen LogP contribution in [0.3, 0.4) is 0 Å². The van der Waals surface area contributed by atoms with Gasteiger partial charge in [0.1, 0.15) is 16.7 Å². The summed E-state index contributed by atoms with van der Waals surface area (Å²) in [7, 11) is 0. The number of pyridine rings is 1. The van der Waals surface area contributed by atoms with E-state index >= 15 is 0 Å². The van der Waals surface area contributed by atoms with Crippen molar-refractivity contribution < 1.29 is 4.74 Å². The van der Waals surface area contributed by atoms with Gasteiger partial charge in [-0.05, 0) is 55.4 Å². The van der Waals surface area contributed by atoms with Crippen molar-refractivity contribution in [3.8, 4) is 0 Å². The van der Waals surface area contributed by atoms with E-state index in [4.69, 9.17) is 22.1 Å². The van der Waals surface area contributed by atoms with Crippen molar-refractivity contribution in [2.45, 2.75) is 48.8 Å². The minimum Gasteiger partial charge on any atom is -0.384 e. The predicted molar refractivity (Wildman–Crippen MR) is 149 cm³/mol. The highest BCUT2D eigenvalue weighted by atomic mass is 35.5. The highest BCUT2D eigenvalue weighted by molar-refractivity contribution is 7.99. The van der Waals surface area contributed by atoms with Gasteiger partial charge in [0.05, 0.1) is 53.9 Å². The fourth-order valence-corrected chi connectivity index (χ4v) is 6.47. The summed E-state index contributed by atoms with van der Waals surface area (Å²) in [6.45, 7) is 5.27. The molecule has 0 saturated carbocycles. The lowest BCUT2D eigenvalue weighted by atomic mass is 9.77. The van der Waals surface area contributed by atoms with Crippen LogP contribution in [-0.2, 0) is 11.3 Å². The summed E-state index contributed by atoms with van der Waals surface area (Å²) in [6, 6.07) is 7.20. The van der Waals surface area contributed by atoms with Crippen molar-refractivity contribution in [3.63, 3.8) is 0 Å². The largest absolute Gasteiger partial charge is 0.384 e. The van der Waals surface area contributed by atoms with Crippen molar-refractivity contribution in [3.05, 3.63) is 70.1 Å². The second-order valence-electron chi connectivity index (χ2n) is 10.2. The molecule has 9 nitrogen and oxygen atoms in total. The number of nitrogens with two attached hydrogens (primary N) is 1. The Kier molecular flexibility index (Phi) is 6.71. The van der Waals surface area contributed by atoms with Gasteiger partial charge < -0.3 is 15.4 Å². The molecule has 3 aromatic heterocycles. The first-order chi connectivity index (χ1) is 18.4. The Balaban J connectivity index is 1.18. The highest BCUT2D eigenvalue weighted by Gasteiger charge is 2.41. The van der Waals surface area contributed by atoms with Crippen molar-refractivity contribution in [1.29, 1.82) is 0 Å². The Morgan fingerprint density at radius 1 is 1.11 bits per heavy atom. The molecule has 5 heterocycles. The molecule has 2 fully saturated rings. The van der Waals surface area contributed by atoms with Gasteiger partial charge in [0, 0.05) is 24.2 Å². The topological polar surface area (TPSA) is 112 Å². The molecule has 1 spiro atoms. The van der Waals surface area contributed by atoms with Crippen LogP contribution in [0.15, 0.2) is 63.9 Å². The molecule has 2 saturated heterocycles. The van der Waals surface area contributed by atoms with Crippen LogP contribution in [0.2, 0.25) is 5.02 Å². The molecule has 6 rings (SSSR count). The minimum absolute atomic E-state index is 0.217. The Morgan fingerprint density at radius 3 is 2.63 bits per heavy atom. The molecule has 0 aliphatic carbocycles. The maximum Gasteiger partial charge on any atom is 0.263 e. The fraction of sp³-hybridized carbons (Fsp3) is 0.370. The van der Waals surface area contributed by atoms with Crippen molar-refractivity contribution >= 4 is 45.9 Å². The van der Waals surface area contributed by atoms with Crippen LogP contribution >= 0.6 is 23.4 Å². The standard InChI is InChI=1S/C27H28ClN7O2S/c1-17-10-27(15-37-17)6-8-34(9-7-27)22-12-32-23(13-31-22)38-20-4-3-19-24(25(20)28)26(36)35(16-33-19)14-18-2-5-21(29)30-11-18/h2-5,11-13,16-17H,6-10,14-15H2,1H3,(H2,29,30)/t17-/m0/s1. The number of hydrogen-bond donors (Lipinski definition) is 1. The highest BCUT2D eigenvalue weighted by Crippen LogP contribution is 2.42. The number of hydrogen-bond acceptors (Lipinski definition) is 9. The van der Waals surface area contributed by atoms with Crippen molar-refractivity contribution in [2.24, 2.45) is 5.41 Å². The van der Waals surface area contributed by atoms with Gasteiger partial charge in [-0.3, -0.25) is 9.36 Å². The monoisotopic (exact) mass is 549 g/mol. The number of ether oxygens (including phenoxy) is 1. The third-order valence-electron chi connectivity index (χ3n) is 7.47. The van der Waals surface area contributed by atoms with Crippen LogP contribution in [0.5, 0.6) is 0 Å². The maximum absolute atomic E-state index is 13.3. The Morgan fingerprint density at radius 2 is 1.95 bits per heavy atom. The number of benzene rings is 1. The smallest absolute Gasteiger partial charge is 0.263 e. The van der Waals surface area contributed by atoms with E-state index in [1.165, 1.54) is 22.7 Å². The van der Waals surface area contributed by atoms with Gasteiger partial charge >= 0.3 is 0 Å². The number of rotatable bonds is 5. The number of nitrogen functional groups attached to an aromatic ring is 1. The molecule has 0 amide bonds. The van der Waals surface area contributed by atoms with Gasteiger partial charge in [0.2, 0.25) is 0 Å². The molecule has 0 unspecified atom stereocenters. The number of nitrogens with zero attached hydrogens (tertiary/aromatic N) is 6. The van der Waals surface area contributed by atoms with E-state index in [0.717, 1.165) is 55.2 Å². The summed E-state index contributed by atoms with van der Waals surface area (Å²) in [4.78, 5) is 34.2. The number of anilines is 2. The summed E-state index contributed by atoms with van der Waals surface area (Å²) in [6.07, 6.45) is 10.5. The normalized spacial score (nSPS) is 18.9. The molecule has 38 heavy (non-hydrogen) atoms. The Bertz CT molecular complexity index is 1520. The first kappa shape index (κ1) is 25.1. The SMILES string of the molecule is C[C@H]1CC2(CCN(c3cnc(Sc4ccc5ncn(Cc6ccc(N)nc6)c(=O)c5c4Cl)cn3)CC2)CO1. The Hall–Kier alpha value is -3.21. The molecule has 1 aromatic carbocycles. The zero-order valence-electron chi connectivity index (χ0n) is 21.0. The molecule has 196 valence electrons. The van der Waals surface area contributed by atoms with Crippen LogP contribution in [-0.4, -0.2) is 50.3 Å². The lowest BCUT2D eigenvalue weighted by Crippen LogP contribution is -2.41. The first-order valence-electron chi connectivity index (χ1n) is 12.6. The average molecular weight is 550 g/mol. The second kappa shape index (κ2) is 10.2. The number of piperidine rings is 1. The van der Waals surface area contributed by atoms with E-state index in [1.807, 2.05) is 18.3 Å². The van der Waals surface area contributed by atoms with Crippen LogP contribution in [0.4, 0.5) is 11.6 Å². The molecular formula is C27H28ClN7O2S. The van der Waals surface area contributed by atoms with E-state index in [9.17, 15) is 4.79 Å². The van der Waals surface area contributed by atoms with E-state index in [-0.39, 0.29) is 5.56 Å². The van der Waals surface area contributed by atoms with Crippen molar-refractivity contribution in [2.75, 3.05) is 30.3 Å². The van der Waals surface area contributed by atoms with Gasteiger partial charge in [-0.2, -0.15) is 0 Å². The fourth-order valence-electron chi connectivity index (χ4n) is 5.35. The summed E-state index contributed by atoms with van der Waals surface area (Å²) < 4.78 is 7.37. The molecule has 2 aliphatic rings. The Labute approximate surface area is 229 Å². The lowest BCUT2D eigenvalue weighted by Gasteiger charge is -2.38. The quantitative estimate of drug-likeness (QED) is 0.386. The van der Waals surface area contributed by atoms with Gasteiger partial charge in [-0.25, -0.2) is 19.9 Å². The van der Waals surface area contributed by atoms with Crippen LogP contribution in [0.1, 0.15) is 31.7 Å². The van der Waals surface area contributed by atoms with Crippen LogP contribution in [0, 0.1) is 5.41 Å². The lowest BCUT2D eigenvalue weighted by molar-refractivity contribution is 0.0976. The van der Waals surface area contributed by atoms with E-state index in [1.54, 1.807) is 24.5 Å². The zero-order chi connectivity index (χ0) is 26.3. The molecule has 0 radical (unpaired) electrons. The zero-order valence-corrected chi connectivity index (χ0v) is 22.6. The van der Waals surface area contributed by atoms with E-state index in [2.05, 4.69) is 31.8 Å². The molecule has 0 bridgehead atoms. The molecule has 11 heteroatoms. The predicted octanol–water partition coefficient (Wildman–Crippen LogP) is 4.41. The number of halogens is 1. The molecule has 4 aromatic rings. The number of aromatic nitrogens is 5. The van der Waals surface area contributed by atoms with Gasteiger partial charge in [-0.15, -0.1) is 0 Å². The van der Waals surface area contributed by atoms with Gasteiger partial charge in [0.15, 0.2) is 0 Å². The van der Waals surface area contributed by atoms with Gasteiger partial charge in [-0.1, -0.05) is 29.4 Å². The minimum atomic E-state index is -0.217. The summed E-state index contributed by atoms with van der Waals surface area (Å²) in [5, 5.41) is 1.44.